The lowest BCUT2D eigenvalue weighted by molar-refractivity contribution is -0.386. The van der Waals surface area contributed by atoms with Crippen molar-refractivity contribution in [1.82, 2.24) is 9.55 Å². The highest BCUT2D eigenvalue weighted by Gasteiger charge is 2.17. The summed E-state index contributed by atoms with van der Waals surface area (Å²) in [6.45, 7) is -0.0204. The lowest BCUT2D eigenvalue weighted by Gasteiger charge is -2.09. The molecule has 3 N–H and O–H groups in total. The average molecular weight is 375 g/mol. The Hall–Kier alpha value is -1.97. The number of pyridine rings is 2. The summed E-state index contributed by atoms with van der Waals surface area (Å²) in [7, 11) is 0. The largest absolute Gasteiger partial charge is 0.335 e. The number of nitro groups is 1. The second kappa shape index (κ2) is 6.20. The molecule has 0 spiro atoms. The fourth-order valence-corrected chi connectivity index (χ4v) is 2.30. The molecule has 0 aliphatic heterocycles. The molecule has 0 saturated carbocycles. The molecule has 0 atom stereocenters. The number of nitrogens with one attached hydrogen (secondary N) is 1. The van der Waals surface area contributed by atoms with Crippen molar-refractivity contribution < 1.29 is 4.92 Å². The highest BCUT2D eigenvalue weighted by molar-refractivity contribution is 9.10. The van der Waals surface area contributed by atoms with E-state index in [4.69, 9.17) is 17.4 Å². The number of hydrogen-bond donors (Lipinski definition) is 2. The minimum Gasteiger partial charge on any atom is -0.308 e. The van der Waals surface area contributed by atoms with Crippen LogP contribution in [-0.2, 0) is 6.54 Å². The van der Waals surface area contributed by atoms with Crippen molar-refractivity contribution in [3.05, 3.63) is 60.1 Å². The van der Waals surface area contributed by atoms with Gasteiger partial charge in [-0.3, -0.25) is 14.9 Å². The SMILES string of the molecule is NNc1ccc(Cl)c(Cn2cc(Br)cc([N+](=O)[O-])c2=O)n1. The Balaban J connectivity index is 2.49. The second-order valence-electron chi connectivity index (χ2n) is 4.00. The topological polar surface area (TPSA) is 116 Å². The van der Waals surface area contributed by atoms with Crippen LogP contribution in [-0.4, -0.2) is 14.5 Å². The summed E-state index contributed by atoms with van der Waals surface area (Å²) in [5, 5.41) is 11.2. The number of nitrogen functional groups attached to an aromatic ring is 1. The van der Waals surface area contributed by atoms with Gasteiger partial charge in [0.05, 0.1) is 22.2 Å². The molecular formula is C11H9BrClN5O3. The maximum absolute atomic E-state index is 12.0. The highest BCUT2D eigenvalue weighted by Crippen LogP contribution is 2.19. The van der Waals surface area contributed by atoms with E-state index in [1.54, 1.807) is 12.1 Å². The van der Waals surface area contributed by atoms with E-state index in [9.17, 15) is 14.9 Å². The van der Waals surface area contributed by atoms with E-state index in [1.807, 2.05) is 0 Å². The first-order chi connectivity index (χ1) is 9.92. The number of hydrogen-bond acceptors (Lipinski definition) is 6. The van der Waals surface area contributed by atoms with Gasteiger partial charge in [0.2, 0.25) is 0 Å². The van der Waals surface area contributed by atoms with Crippen molar-refractivity contribution in [2.75, 3.05) is 5.43 Å². The summed E-state index contributed by atoms with van der Waals surface area (Å²) < 4.78 is 1.55. The third kappa shape index (κ3) is 3.38. The Bertz CT molecular complexity index is 764. The molecule has 0 radical (unpaired) electrons. The lowest BCUT2D eigenvalue weighted by atomic mass is 10.3. The summed E-state index contributed by atoms with van der Waals surface area (Å²) in [6.07, 6.45) is 1.43. The van der Waals surface area contributed by atoms with E-state index in [0.29, 0.717) is 21.0 Å². The Morgan fingerprint density at radius 1 is 1.52 bits per heavy atom. The highest BCUT2D eigenvalue weighted by atomic mass is 79.9. The van der Waals surface area contributed by atoms with Gasteiger partial charge < -0.3 is 9.99 Å². The minimum atomic E-state index is -0.743. The van der Waals surface area contributed by atoms with Crippen LogP contribution < -0.4 is 16.8 Å². The van der Waals surface area contributed by atoms with Crippen LogP contribution in [0.15, 0.2) is 33.7 Å². The first kappa shape index (κ1) is 15.4. The Morgan fingerprint density at radius 2 is 2.24 bits per heavy atom. The number of aromatic nitrogens is 2. The van der Waals surface area contributed by atoms with Crippen molar-refractivity contribution in [3.63, 3.8) is 0 Å². The van der Waals surface area contributed by atoms with E-state index in [1.165, 1.54) is 6.20 Å². The molecule has 0 unspecified atom stereocenters. The van der Waals surface area contributed by atoms with Gasteiger partial charge in [0.1, 0.15) is 5.82 Å². The quantitative estimate of drug-likeness (QED) is 0.480. The van der Waals surface area contributed by atoms with E-state index in [2.05, 4.69) is 26.3 Å². The predicted molar refractivity (Wildman–Crippen MR) is 81.2 cm³/mol. The van der Waals surface area contributed by atoms with Gasteiger partial charge in [-0.25, -0.2) is 10.8 Å². The van der Waals surface area contributed by atoms with Crippen LogP contribution in [0.3, 0.4) is 0 Å². The van der Waals surface area contributed by atoms with Gasteiger partial charge >= 0.3 is 11.2 Å². The van der Waals surface area contributed by atoms with Crippen LogP contribution in [0.5, 0.6) is 0 Å². The maximum Gasteiger partial charge on any atom is 0.335 e. The van der Waals surface area contributed by atoms with E-state index < -0.39 is 16.2 Å². The number of hydrazine groups is 1. The van der Waals surface area contributed by atoms with Gasteiger partial charge in [-0.1, -0.05) is 11.6 Å². The number of halogens is 2. The Labute approximate surface area is 131 Å². The summed E-state index contributed by atoms with van der Waals surface area (Å²) >= 11 is 9.13. The zero-order valence-electron chi connectivity index (χ0n) is 10.4. The molecular weight excluding hydrogens is 366 g/mol. The molecule has 0 bridgehead atoms. The van der Waals surface area contributed by atoms with Gasteiger partial charge in [0.25, 0.3) is 0 Å². The molecule has 10 heteroatoms. The molecule has 0 amide bonds. The molecule has 110 valence electrons. The van der Waals surface area contributed by atoms with E-state index in [-0.39, 0.29) is 6.54 Å². The standard InChI is InChI=1S/C11H9BrClN5O3/c12-6-3-9(18(20)21)11(19)17(4-6)5-8-7(13)1-2-10(15-8)16-14/h1-4H,5,14H2,(H,15,16). The first-order valence-electron chi connectivity index (χ1n) is 5.59. The third-order valence-corrected chi connectivity index (χ3v) is 3.39. The van der Waals surface area contributed by atoms with E-state index >= 15 is 0 Å². The third-order valence-electron chi connectivity index (χ3n) is 2.62. The molecule has 0 aromatic carbocycles. The lowest BCUT2D eigenvalue weighted by Crippen LogP contribution is -2.23. The van der Waals surface area contributed by atoms with Crippen LogP contribution in [0.2, 0.25) is 5.02 Å². The zero-order chi connectivity index (χ0) is 15.6. The summed E-state index contributed by atoms with van der Waals surface area (Å²) in [6, 6.07) is 4.28. The minimum absolute atomic E-state index is 0.0204. The molecule has 0 saturated heterocycles. The van der Waals surface area contributed by atoms with Crippen molar-refractivity contribution >= 4 is 39.0 Å². The molecule has 21 heavy (non-hydrogen) atoms. The zero-order valence-corrected chi connectivity index (χ0v) is 12.8. The van der Waals surface area contributed by atoms with Crippen LogP contribution in [0.1, 0.15) is 5.69 Å². The summed E-state index contributed by atoms with van der Waals surface area (Å²) in [5.41, 5.74) is 1.45. The first-order valence-corrected chi connectivity index (χ1v) is 6.76. The van der Waals surface area contributed by atoms with Crippen LogP contribution in [0.4, 0.5) is 11.5 Å². The van der Waals surface area contributed by atoms with E-state index in [0.717, 1.165) is 10.6 Å². The molecule has 2 rings (SSSR count). The Morgan fingerprint density at radius 3 is 2.86 bits per heavy atom. The molecule has 0 aliphatic carbocycles. The van der Waals surface area contributed by atoms with Gasteiger partial charge in [0.15, 0.2) is 0 Å². The monoisotopic (exact) mass is 373 g/mol. The van der Waals surface area contributed by atoms with Crippen LogP contribution in [0, 0.1) is 10.1 Å². The Kier molecular flexibility index (Phi) is 4.56. The van der Waals surface area contributed by atoms with Crippen molar-refractivity contribution in [1.29, 1.82) is 0 Å². The van der Waals surface area contributed by atoms with Gasteiger partial charge in [-0.2, -0.15) is 0 Å². The molecule has 2 aromatic heterocycles. The predicted octanol–water partition coefficient (Wildman–Crippen LogP) is 1.90. The van der Waals surface area contributed by atoms with Gasteiger partial charge in [-0.05, 0) is 28.1 Å². The maximum atomic E-state index is 12.0. The molecule has 8 nitrogen and oxygen atoms in total. The van der Waals surface area contributed by atoms with Crippen LogP contribution in [0.25, 0.3) is 0 Å². The number of nitrogens with zero attached hydrogens (tertiary/aromatic N) is 3. The van der Waals surface area contributed by atoms with Crippen molar-refractivity contribution in [2.45, 2.75) is 6.54 Å². The van der Waals surface area contributed by atoms with Gasteiger partial charge in [-0.15, -0.1) is 0 Å². The summed E-state index contributed by atoms with van der Waals surface area (Å²) in [4.78, 5) is 26.3. The smallest absolute Gasteiger partial charge is 0.308 e. The molecule has 0 aliphatic rings. The number of nitrogens with two attached hydrogens (primary N) is 1. The number of anilines is 1. The number of rotatable bonds is 4. The fourth-order valence-electron chi connectivity index (χ4n) is 1.67. The molecule has 2 aromatic rings. The molecule has 2 heterocycles. The normalized spacial score (nSPS) is 10.4. The van der Waals surface area contributed by atoms with Gasteiger partial charge in [0, 0.05) is 16.7 Å². The van der Waals surface area contributed by atoms with Crippen molar-refractivity contribution in [2.24, 2.45) is 5.84 Å². The van der Waals surface area contributed by atoms with Crippen molar-refractivity contribution in [3.8, 4) is 0 Å². The average Bonchev–Trinajstić information content (AvgIpc) is 2.44. The fraction of sp³-hybridized carbons (Fsp3) is 0.0909. The van der Waals surface area contributed by atoms with Crippen LogP contribution >= 0.6 is 27.5 Å². The second-order valence-corrected chi connectivity index (χ2v) is 5.33. The summed E-state index contributed by atoms with van der Waals surface area (Å²) in [5.74, 6) is 5.63. The molecule has 0 fully saturated rings.